The molecule has 1 rings (SSSR count). The van der Waals surface area contributed by atoms with Crippen LogP contribution in [0.1, 0.15) is 18.1 Å². The second-order valence-corrected chi connectivity index (χ2v) is 4.66. The summed E-state index contributed by atoms with van der Waals surface area (Å²) < 4.78 is 10.3. The summed E-state index contributed by atoms with van der Waals surface area (Å²) in [7, 11) is 1.55. The molecule has 1 aromatic carbocycles. The number of amides is 1. The second kappa shape index (κ2) is 8.09. The molecule has 0 aliphatic heterocycles. The number of methoxy groups -OCH3 is 1. The molecule has 0 saturated heterocycles. The summed E-state index contributed by atoms with van der Waals surface area (Å²) in [6, 6.07) is 5.57. The highest BCUT2D eigenvalue weighted by Gasteiger charge is 2.18. The number of carbonyl (C=O) groups is 2. The van der Waals surface area contributed by atoms with Gasteiger partial charge >= 0.3 is 5.97 Å². The molecule has 0 aliphatic carbocycles. The Morgan fingerprint density at radius 3 is 2.76 bits per heavy atom. The number of hydrogen-bond donors (Lipinski definition) is 1. The van der Waals surface area contributed by atoms with Gasteiger partial charge in [0.25, 0.3) is 5.91 Å². The van der Waals surface area contributed by atoms with E-state index in [0.717, 1.165) is 11.1 Å². The third-order valence-electron chi connectivity index (χ3n) is 2.87. The van der Waals surface area contributed by atoms with Crippen LogP contribution in [0, 0.1) is 6.92 Å². The van der Waals surface area contributed by atoms with Crippen molar-refractivity contribution in [1.29, 1.82) is 0 Å². The average molecular weight is 291 g/mol. The highest BCUT2D eigenvalue weighted by atomic mass is 16.5. The zero-order valence-electron chi connectivity index (χ0n) is 12.6. The van der Waals surface area contributed by atoms with E-state index in [1.807, 2.05) is 19.1 Å². The molecule has 1 atom stereocenters. The molecule has 0 bridgehead atoms. The lowest BCUT2D eigenvalue weighted by Crippen LogP contribution is -2.36. The smallest absolute Gasteiger partial charge is 0.311 e. The number of rotatable bonds is 7. The first kappa shape index (κ1) is 16.8. The Morgan fingerprint density at radius 1 is 1.43 bits per heavy atom. The van der Waals surface area contributed by atoms with Crippen LogP contribution >= 0.6 is 0 Å². The van der Waals surface area contributed by atoms with E-state index in [4.69, 9.17) is 9.47 Å². The molecule has 5 nitrogen and oxygen atoms in total. The van der Waals surface area contributed by atoms with Gasteiger partial charge in [0.05, 0.1) is 13.5 Å². The first-order valence-electron chi connectivity index (χ1n) is 6.69. The molecule has 0 radical (unpaired) electrons. The molecule has 0 unspecified atom stereocenters. The van der Waals surface area contributed by atoms with Crippen LogP contribution in [0.25, 0.3) is 0 Å². The molecular formula is C16H21NO4. The van der Waals surface area contributed by atoms with Gasteiger partial charge in [0, 0.05) is 12.1 Å². The van der Waals surface area contributed by atoms with Gasteiger partial charge in [-0.25, -0.2) is 0 Å². The molecule has 0 aliphatic rings. The predicted molar refractivity (Wildman–Crippen MR) is 80.2 cm³/mol. The Kier molecular flexibility index (Phi) is 6.46. The van der Waals surface area contributed by atoms with Gasteiger partial charge in [0.15, 0.2) is 6.10 Å². The number of carbonyl (C=O) groups excluding carboxylic acids is 2. The molecular weight excluding hydrogens is 270 g/mol. The minimum atomic E-state index is -0.840. The first-order valence-corrected chi connectivity index (χ1v) is 6.69. The molecule has 21 heavy (non-hydrogen) atoms. The van der Waals surface area contributed by atoms with Gasteiger partial charge in [-0.1, -0.05) is 23.8 Å². The van der Waals surface area contributed by atoms with Crippen LogP contribution in [-0.2, 0) is 20.7 Å². The molecule has 0 fully saturated rings. The maximum Gasteiger partial charge on any atom is 0.311 e. The van der Waals surface area contributed by atoms with Crippen LogP contribution in [0.2, 0.25) is 0 Å². The van der Waals surface area contributed by atoms with Crippen molar-refractivity contribution >= 4 is 11.9 Å². The van der Waals surface area contributed by atoms with E-state index in [-0.39, 0.29) is 12.3 Å². The van der Waals surface area contributed by atoms with Crippen molar-refractivity contribution in [2.24, 2.45) is 0 Å². The summed E-state index contributed by atoms with van der Waals surface area (Å²) in [4.78, 5) is 23.5. The molecule has 1 N–H and O–H groups in total. The van der Waals surface area contributed by atoms with Crippen LogP contribution in [0.3, 0.4) is 0 Å². The molecule has 1 aromatic rings. The van der Waals surface area contributed by atoms with Gasteiger partial charge in [-0.05, 0) is 19.9 Å². The highest BCUT2D eigenvalue weighted by Crippen LogP contribution is 2.20. The fraction of sp³-hybridized carbons (Fsp3) is 0.375. The predicted octanol–water partition coefficient (Wildman–Crippen LogP) is 1.78. The minimum Gasteiger partial charge on any atom is -0.496 e. The van der Waals surface area contributed by atoms with Crippen LogP contribution in [0.4, 0.5) is 0 Å². The molecule has 5 heteroatoms. The quantitative estimate of drug-likeness (QED) is 0.614. The SMILES string of the molecule is C=CCNC(=O)[C@H](C)OC(=O)Cc1cc(C)ccc1OC. The van der Waals surface area contributed by atoms with E-state index in [9.17, 15) is 9.59 Å². The summed E-state index contributed by atoms with van der Waals surface area (Å²) in [6.45, 7) is 7.30. The van der Waals surface area contributed by atoms with E-state index >= 15 is 0 Å². The van der Waals surface area contributed by atoms with Crippen molar-refractivity contribution in [3.8, 4) is 5.75 Å². The van der Waals surface area contributed by atoms with E-state index in [1.165, 1.54) is 6.92 Å². The Morgan fingerprint density at radius 2 is 2.14 bits per heavy atom. The van der Waals surface area contributed by atoms with Gasteiger partial charge in [0.2, 0.25) is 0 Å². The Balaban J connectivity index is 2.63. The molecule has 0 heterocycles. The fourth-order valence-electron chi connectivity index (χ4n) is 1.81. The van der Waals surface area contributed by atoms with Gasteiger partial charge in [0.1, 0.15) is 5.75 Å². The zero-order valence-corrected chi connectivity index (χ0v) is 12.6. The normalized spacial score (nSPS) is 11.4. The maximum atomic E-state index is 11.9. The Hall–Kier alpha value is -2.30. The Labute approximate surface area is 124 Å². The van der Waals surface area contributed by atoms with Crippen molar-refractivity contribution in [3.05, 3.63) is 42.0 Å². The summed E-state index contributed by atoms with van der Waals surface area (Å²) >= 11 is 0. The average Bonchev–Trinajstić information content (AvgIpc) is 2.44. The highest BCUT2D eigenvalue weighted by molar-refractivity contribution is 5.84. The van der Waals surface area contributed by atoms with Crippen LogP contribution in [0.15, 0.2) is 30.9 Å². The summed E-state index contributed by atoms with van der Waals surface area (Å²) in [5, 5.41) is 2.57. The van der Waals surface area contributed by atoms with Crippen LogP contribution < -0.4 is 10.1 Å². The van der Waals surface area contributed by atoms with Gasteiger partial charge < -0.3 is 14.8 Å². The van der Waals surface area contributed by atoms with Crippen LogP contribution in [-0.4, -0.2) is 31.6 Å². The second-order valence-electron chi connectivity index (χ2n) is 4.66. The molecule has 1 amide bonds. The molecule has 0 aromatic heterocycles. The van der Waals surface area contributed by atoms with Gasteiger partial charge in [-0.2, -0.15) is 0 Å². The summed E-state index contributed by atoms with van der Waals surface area (Å²) in [6.07, 6.45) is 0.779. The largest absolute Gasteiger partial charge is 0.496 e. The van der Waals surface area contributed by atoms with Crippen molar-refractivity contribution in [2.45, 2.75) is 26.4 Å². The molecule has 114 valence electrons. The third kappa shape index (κ3) is 5.30. The number of hydrogen-bond acceptors (Lipinski definition) is 4. The number of benzene rings is 1. The minimum absolute atomic E-state index is 0.0595. The number of nitrogens with one attached hydrogen (secondary N) is 1. The lowest BCUT2D eigenvalue weighted by atomic mass is 10.1. The summed E-state index contributed by atoms with van der Waals surface area (Å²) in [5.41, 5.74) is 1.76. The van der Waals surface area contributed by atoms with E-state index < -0.39 is 12.1 Å². The Bertz CT molecular complexity index is 525. The third-order valence-corrected chi connectivity index (χ3v) is 2.87. The monoisotopic (exact) mass is 291 g/mol. The molecule has 0 spiro atoms. The standard InChI is InChI=1S/C16H21NO4/c1-5-8-17-16(19)12(3)21-15(18)10-13-9-11(2)6-7-14(13)20-4/h5-7,9,12H,1,8,10H2,2-4H3,(H,17,19)/t12-/m0/s1. The first-order chi connectivity index (χ1) is 9.97. The lowest BCUT2D eigenvalue weighted by molar-refractivity contribution is -0.154. The number of esters is 1. The zero-order chi connectivity index (χ0) is 15.8. The summed E-state index contributed by atoms with van der Waals surface area (Å²) in [5.74, 6) is -0.194. The van der Waals surface area contributed by atoms with Gasteiger partial charge in [-0.3, -0.25) is 9.59 Å². The van der Waals surface area contributed by atoms with Crippen molar-refractivity contribution in [1.82, 2.24) is 5.32 Å². The topological polar surface area (TPSA) is 64.6 Å². The molecule has 0 saturated carbocycles. The fourth-order valence-corrected chi connectivity index (χ4v) is 1.81. The lowest BCUT2D eigenvalue weighted by Gasteiger charge is -2.14. The van der Waals surface area contributed by atoms with Crippen molar-refractivity contribution in [3.63, 3.8) is 0 Å². The number of aryl methyl sites for hydroxylation is 1. The van der Waals surface area contributed by atoms with Crippen molar-refractivity contribution < 1.29 is 19.1 Å². The van der Waals surface area contributed by atoms with E-state index in [1.54, 1.807) is 19.3 Å². The van der Waals surface area contributed by atoms with Crippen LogP contribution in [0.5, 0.6) is 5.75 Å². The van der Waals surface area contributed by atoms with E-state index in [0.29, 0.717) is 12.3 Å². The van der Waals surface area contributed by atoms with Gasteiger partial charge in [-0.15, -0.1) is 6.58 Å². The number of ether oxygens (including phenoxy) is 2. The van der Waals surface area contributed by atoms with E-state index in [2.05, 4.69) is 11.9 Å². The van der Waals surface area contributed by atoms with Crippen molar-refractivity contribution in [2.75, 3.05) is 13.7 Å². The maximum absolute atomic E-state index is 11.9.